The number of ether oxygens (including phenoxy) is 5. The average Bonchev–Trinajstić information content (AvgIpc) is 2.83. The number of phosphoric acid groups is 1. The second-order valence-electron chi connectivity index (χ2n) is 8.21. The molecule has 3 aliphatic carbocycles. The molecule has 0 atom stereocenters. The number of aromatic nitrogens is 1. The summed E-state index contributed by atoms with van der Waals surface area (Å²) in [5.74, 6) is -1.02. The fourth-order valence-electron chi connectivity index (χ4n) is 4.28. The fourth-order valence-corrected chi connectivity index (χ4v) is 5.05. The molecule has 3 saturated carbocycles. The summed E-state index contributed by atoms with van der Waals surface area (Å²) in [5, 5.41) is 0. The van der Waals surface area contributed by atoms with Crippen LogP contribution < -0.4 is 15.6 Å². The van der Waals surface area contributed by atoms with Crippen LogP contribution in [0.1, 0.15) is 29.8 Å². The minimum absolute atomic E-state index is 0.0952. The van der Waals surface area contributed by atoms with E-state index in [0.717, 1.165) is 20.3 Å². The molecule has 0 aromatic carbocycles. The maximum atomic E-state index is 14.0. The molecule has 1 aromatic heterocycles. The maximum absolute atomic E-state index is 14.0. The highest BCUT2D eigenvalue weighted by Gasteiger charge is 2.73. The molecule has 4 aliphatic rings. The second-order valence-corrected chi connectivity index (χ2v) is 9.88. The van der Waals surface area contributed by atoms with Crippen molar-refractivity contribution >= 4 is 26.0 Å². The van der Waals surface area contributed by atoms with E-state index in [-0.39, 0.29) is 31.6 Å². The molecule has 18 heteroatoms. The molecular weight excluding hydrogens is 528 g/mol. The molecule has 1 aromatic rings. The van der Waals surface area contributed by atoms with Crippen LogP contribution >= 0.6 is 7.82 Å². The van der Waals surface area contributed by atoms with E-state index in [4.69, 9.17) is 18.3 Å². The number of phosphoric ester groups is 1. The summed E-state index contributed by atoms with van der Waals surface area (Å²) in [6, 6.07) is 1.12. The summed E-state index contributed by atoms with van der Waals surface area (Å²) in [6.45, 7) is -2.77. The summed E-state index contributed by atoms with van der Waals surface area (Å²) < 4.78 is 65.4. The van der Waals surface area contributed by atoms with E-state index in [0.29, 0.717) is 0 Å². The summed E-state index contributed by atoms with van der Waals surface area (Å²) in [7, 11) is -2.59. The van der Waals surface area contributed by atoms with Gasteiger partial charge in [-0.25, -0.2) is 32.1 Å². The van der Waals surface area contributed by atoms with E-state index in [1.165, 1.54) is 15.8 Å². The first-order valence-electron chi connectivity index (χ1n) is 10.6. The van der Waals surface area contributed by atoms with Crippen LogP contribution in [0.15, 0.2) is 17.1 Å². The summed E-state index contributed by atoms with van der Waals surface area (Å²) >= 11 is 0. The minimum Gasteiger partial charge on any atom is -0.460 e. The topological polar surface area (TPSA) is 179 Å². The first kappa shape index (κ1) is 26.7. The number of hydrogen-bond donors (Lipinski definition) is 1. The molecule has 2 bridgehead atoms. The van der Waals surface area contributed by atoms with Gasteiger partial charge >= 0.3 is 20.1 Å². The quantitative estimate of drug-likeness (QED) is 0.237. The highest BCUT2D eigenvalue weighted by molar-refractivity contribution is 7.48. The molecule has 0 unspecified atom stereocenters. The summed E-state index contributed by atoms with van der Waals surface area (Å²) in [5.41, 5.74) is 0.171. The van der Waals surface area contributed by atoms with Gasteiger partial charge in [0.25, 0.3) is 5.91 Å². The van der Waals surface area contributed by atoms with Crippen LogP contribution in [0.25, 0.3) is 0 Å². The van der Waals surface area contributed by atoms with Crippen LogP contribution in [0.3, 0.4) is 0 Å². The van der Waals surface area contributed by atoms with Crippen LogP contribution in [0.2, 0.25) is 0 Å². The van der Waals surface area contributed by atoms with Gasteiger partial charge in [0.1, 0.15) is 12.3 Å². The molecular formula is C19H23FN3O13P. The van der Waals surface area contributed by atoms with Crippen molar-refractivity contribution in [2.24, 2.45) is 0 Å². The third-order valence-corrected chi connectivity index (χ3v) is 7.20. The van der Waals surface area contributed by atoms with Gasteiger partial charge in [-0.05, 0) is 0 Å². The normalized spacial score (nSPS) is 23.5. The van der Waals surface area contributed by atoms with Crippen molar-refractivity contribution in [2.45, 2.75) is 30.5 Å². The van der Waals surface area contributed by atoms with Crippen LogP contribution in [0, 0.1) is 0 Å². The predicted octanol–water partition coefficient (Wildman–Crippen LogP) is 1.42. The van der Waals surface area contributed by atoms with Crippen molar-refractivity contribution in [3.63, 3.8) is 0 Å². The Morgan fingerprint density at radius 1 is 1.03 bits per heavy atom. The van der Waals surface area contributed by atoms with Gasteiger partial charge in [0.2, 0.25) is 31.6 Å². The Hall–Kier alpha value is -3.40. The molecule has 1 N–H and O–H groups in total. The lowest BCUT2D eigenvalue weighted by molar-refractivity contribution is -0.212. The highest BCUT2D eigenvalue weighted by Crippen LogP contribution is 2.66. The second kappa shape index (κ2) is 10.2. The van der Waals surface area contributed by atoms with Crippen LogP contribution in [-0.4, -0.2) is 80.3 Å². The molecule has 0 spiro atoms. The summed E-state index contributed by atoms with van der Waals surface area (Å²) in [4.78, 5) is 49.4. The van der Waals surface area contributed by atoms with Gasteiger partial charge in [-0.1, -0.05) is 0 Å². The van der Waals surface area contributed by atoms with Crippen LogP contribution in [0.4, 0.5) is 14.0 Å². The SMILES string of the molecule is COC(=O)OCOP(=O)(OCOC(=O)OC)OCOc1c2n(ccc1=O)NCN(C13CC(F)(C1)C3)C2=O. The Bertz CT molecular complexity index is 1140. The molecule has 2 heterocycles. The number of nitrogens with one attached hydrogen (secondary N) is 1. The van der Waals surface area contributed by atoms with Gasteiger partial charge in [-0.15, -0.1) is 0 Å². The third-order valence-electron chi connectivity index (χ3n) is 5.93. The molecule has 0 radical (unpaired) electrons. The largest absolute Gasteiger partial charge is 0.510 e. The number of nitrogens with zero attached hydrogens (tertiary/aromatic N) is 2. The Morgan fingerprint density at radius 3 is 2.14 bits per heavy atom. The molecule has 0 saturated heterocycles. The molecule has 1 amide bonds. The lowest BCUT2D eigenvalue weighted by Crippen LogP contribution is -2.79. The standard InChI is InChI=1S/C19H23FN3O13P/c1-29-16(26)32-10-35-37(28,36-11-33-17(27)30-2)34-9-31-14-12(24)3-4-23-13(14)15(25)22(8-21-23)19-5-18(20,6-19)7-19/h3-4,21H,5-11H2,1-2H3. The molecule has 1 aliphatic heterocycles. The molecule has 16 nitrogen and oxygen atoms in total. The van der Waals surface area contributed by atoms with E-state index >= 15 is 0 Å². The number of alkyl halides is 1. The number of fused-ring (bicyclic) bond motifs is 1. The van der Waals surface area contributed by atoms with Gasteiger partial charge in [0, 0.05) is 31.5 Å². The molecule has 5 rings (SSSR count). The lowest BCUT2D eigenvalue weighted by atomic mass is 9.46. The van der Waals surface area contributed by atoms with Crippen molar-refractivity contribution in [1.29, 1.82) is 0 Å². The van der Waals surface area contributed by atoms with Gasteiger partial charge < -0.3 is 34.0 Å². The first-order valence-corrected chi connectivity index (χ1v) is 12.1. The third kappa shape index (κ3) is 5.34. The van der Waals surface area contributed by atoms with Gasteiger partial charge in [-0.3, -0.25) is 14.3 Å². The molecule has 3 fully saturated rings. The Balaban J connectivity index is 1.43. The van der Waals surface area contributed by atoms with Crippen molar-refractivity contribution in [2.75, 3.05) is 46.7 Å². The van der Waals surface area contributed by atoms with Crippen LogP contribution in [0.5, 0.6) is 5.75 Å². The van der Waals surface area contributed by atoms with E-state index in [9.17, 15) is 28.1 Å². The number of hydrogen-bond acceptors (Lipinski definition) is 14. The Labute approximate surface area is 208 Å². The zero-order chi connectivity index (χ0) is 26.8. The zero-order valence-corrected chi connectivity index (χ0v) is 20.5. The predicted molar refractivity (Wildman–Crippen MR) is 115 cm³/mol. The Morgan fingerprint density at radius 2 is 1.59 bits per heavy atom. The van der Waals surface area contributed by atoms with Crippen molar-refractivity contribution < 1.29 is 60.6 Å². The Kier molecular flexibility index (Phi) is 7.32. The van der Waals surface area contributed by atoms with E-state index in [1.807, 2.05) is 0 Å². The van der Waals surface area contributed by atoms with Gasteiger partial charge in [0.05, 0.1) is 19.8 Å². The van der Waals surface area contributed by atoms with E-state index < -0.39 is 68.8 Å². The van der Waals surface area contributed by atoms with Crippen molar-refractivity contribution in [1.82, 2.24) is 9.58 Å². The first-order chi connectivity index (χ1) is 17.5. The van der Waals surface area contributed by atoms with Gasteiger partial charge in [-0.2, -0.15) is 0 Å². The average molecular weight is 551 g/mol. The van der Waals surface area contributed by atoms with E-state index in [1.54, 1.807) is 0 Å². The van der Waals surface area contributed by atoms with Gasteiger partial charge in [0.15, 0.2) is 5.69 Å². The van der Waals surface area contributed by atoms with Crippen molar-refractivity contribution in [3.05, 3.63) is 28.2 Å². The smallest absolute Gasteiger partial charge is 0.460 e. The number of methoxy groups -OCH3 is 2. The number of halogens is 1. The monoisotopic (exact) mass is 551 g/mol. The number of amides is 1. The van der Waals surface area contributed by atoms with E-state index in [2.05, 4.69) is 24.4 Å². The highest BCUT2D eigenvalue weighted by atomic mass is 31.2. The molecule has 37 heavy (non-hydrogen) atoms. The zero-order valence-electron chi connectivity index (χ0n) is 19.6. The van der Waals surface area contributed by atoms with Crippen molar-refractivity contribution in [3.8, 4) is 5.75 Å². The lowest BCUT2D eigenvalue weighted by Gasteiger charge is -2.69. The number of carbonyl (C=O) groups excluding carboxylic acids is 3. The number of carbonyl (C=O) groups is 3. The molecule has 204 valence electrons. The number of rotatable bonds is 11. The number of pyridine rings is 1. The fraction of sp³-hybridized carbons (Fsp3) is 0.579. The minimum atomic E-state index is -4.64. The maximum Gasteiger partial charge on any atom is 0.510 e. The summed E-state index contributed by atoms with van der Waals surface area (Å²) in [6.07, 6.45) is -0.384. The van der Waals surface area contributed by atoms with Crippen LogP contribution in [-0.2, 0) is 37.1 Å².